The molecule has 6 nitrogen and oxygen atoms in total. The van der Waals surface area contributed by atoms with Gasteiger partial charge in [-0.15, -0.1) is 0 Å². The lowest BCUT2D eigenvalue weighted by Crippen LogP contribution is -2.41. The van der Waals surface area contributed by atoms with E-state index >= 15 is 0 Å². The lowest BCUT2D eigenvalue weighted by atomic mass is 10.0. The predicted octanol–water partition coefficient (Wildman–Crippen LogP) is 2.33. The van der Waals surface area contributed by atoms with Crippen LogP contribution in [0.2, 0.25) is 0 Å². The monoisotopic (exact) mass is 335 g/mol. The molecule has 0 spiro atoms. The first-order valence-electron chi connectivity index (χ1n) is 8.53. The number of amides is 1. The van der Waals surface area contributed by atoms with Crippen molar-refractivity contribution >= 4 is 5.91 Å². The summed E-state index contributed by atoms with van der Waals surface area (Å²) in [7, 11) is 1.91. The summed E-state index contributed by atoms with van der Waals surface area (Å²) < 4.78 is 3.97. The van der Waals surface area contributed by atoms with Gasteiger partial charge in [-0.05, 0) is 18.1 Å². The standard InChI is InChI=1S/C19H21N5O/c1-22-16(9-10-21-22)7-8-19(25)24-14-18-20-11-12-23(18)13-17(24)15-5-3-2-4-6-15/h2-6,9-12,17H,7-8,13-14H2,1H3. The summed E-state index contributed by atoms with van der Waals surface area (Å²) in [6, 6.07) is 12.2. The Labute approximate surface area is 146 Å². The van der Waals surface area contributed by atoms with Gasteiger partial charge in [0, 0.05) is 44.3 Å². The van der Waals surface area contributed by atoms with Gasteiger partial charge in [-0.25, -0.2) is 4.98 Å². The molecular weight excluding hydrogens is 314 g/mol. The number of imidazole rings is 1. The van der Waals surface area contributed by atoms with Crippen LogP contribution >= 0.6 is 0 Å². The predicted molar refractivity (Wildman–Crippen MR) is 93.5 cm³/mol. The Balaban J connectivity index is 1.56. The lowest BCUT2D eigenvalue weighted by Gasteiger charge is -2.36. The van der Waals surface area contributed by atoms with Gasteiger partial charge >= 0.3 is 0 Å². The van der Waals surface area contributed by atoms with Crippen LogP contribution in [-0.4, -0.2) is 30.1 Å². The van der Waals surface area contributed by atoms with Gasteiger partial charge in [-0.2, -0.15) is 5.10 Å². The fraction of sp³-hybridized carbons (Fsp3) is 0.316. The van der Waals surface area contributed by atoms with Crippen LogP contribution < -0.4 is 0 Å². The highest BCUT2D eigenvalue weighted by Gasteiger charge is 2.31. The Morgan fingerprint density at radius 2 is 2.04 bits per heavy atom. The molecule has 0 bridgehead atoms. The van der Waals surface area contributed by atoms with Crippen LogP contribution in [0.4, 0.5) is 0 Å². The van der Waals surface area contributed by atoms with Crippen LogP contribution in [0, 0.1) is 0 Å². The molecule has 0 radical (unpaired) electrons. The summed E-state index contributed by atoms with van der Waals surface area (Å²) in [6.07, 6.45) is 6.74. The first kappa shape index (κ1) is 15.6. The van der Waals surface area contributed by atoms with E-state index < -0.39 is 0 Å². The Kier molecular flexibility index (Phi) is 4.09. The number of aryl methyl sites for hydroxylation is 2. The summed E-state index contributed by atoms with van der Waals surface area (Å²) in [4.78, 5) is 19.3. The maximum absolute atomic E-state index is 13.0. The van der Waals surface area contributed by atoms with Crippen LogP contribution in [0.15, 0.2) is 55.0 Å². The Morgan fingerprint density at radius 1 is 1.20 bits per heavy atom. The average molecular weight is 335 g/mol. The summed E-state index contributed by atoms with van der Waals surface area (Å²) in [6.45, 7) is 1.30. The molecule has 0 fully saturated rings. The minimum atomic E-state index is 0.0435. The summed E-state index contributed by atoms with van der Waals surface area (Å²) in [5, 5.41) is 4.17. The molecule has 1 unspecified atom stereocenters. The zero-order chi connectivity index (χ0) is 17.2. The molecule has 0 aliphatic carbocycles. The topological polar surface area (TPSA) is 56.0 Å². The van der Waals surface area contributed by atoms with Crippen molar-refractivity contribution in [2.45, 2.75) is 32.0 Å². The highest BCUT2D eigenvalue weighted by molar-refractivity contribution is 5.77. The van der Waals surface area contributed by atoms with Crippen molar-refractivity contribution in [3.05, 3.63) is 72.1 Å². The van der Waals surface area contributed by atoms with Crippen molar-refractivity contribution in [3.8, 4) is 0 Å². The molecule has 1 aromatic carbocycles. The number of rotatable bonds is 4. The van der Waals surface area contributed by atoms with Crippen LogP contribution in [0.25, 0.3) is 0 Å². The van der Waals surface area contributed by atoms with E-state index in [0.29, 0.717) is 19.4 Å². The highest BCUT2D eigenvalue weighted by Crippen LogP contribution is 2.29. The van der Waals surface area contributed by atoms with Gasteiger partial charge in [0.1, 0.15) is 5.82 Å². The number of hydrogen-bond donors (Lipinski definition) is 0. The maximum atomic E-state index is 13.0. The number of aromatic nitrogens is 4. The molecule has 1 amide bonds. The molecule has 2 aromatic heterocycles. The minimum absolute atomic E-state index is 0.0435. The van der Waals surface area contributed by atoms with Gasteiger partial charge in [0.25, 0.3) is 0 Å². The minimum Gasteiger partial charge on any atom is -0.331 e. The fourth-order valence-corrected chi connectivity index (χ4v) is 3.45. The van der Waals surface area contributed by atoms with Gasteiger partial charge in [0.15, 0.2) is 0 Å². The average Bonchev–Trinajstić information content (AvgIpc) is 3.27. The number of carbonyl (C=O) groups excluding carboxylic acids is 1. The third-order valence-electron chi connectivity index (χ3n) is 4.88. The molecule has 1 aliphatic heterocycles. The maximum Gasteiger partial charge on any atom is 0.223 e. The van der Waals surface area contributed by atoms with E-state index in [2.05, 4.69) is 26.8 Å². The fourth-order valence-electron chi connectivity index (χ4n) is 3.45. The normalized spacial score (nSPS) is 16.7. The Hall–Kier alpha value is -2.89. The number of benzene rings is 1. The van der Waals surface area contributed by atoms with Crippen molar-refractivity contribution in [1.29, 1.82) is 0 Å². The molecular formula is C19H21N5O. The summed E-state index contributed by atoms with van der Waals surface area (Å²) >= 11 is 0. The van der Waals surface area contributed by atoms with E-state index in [1.807, 2.05) is 47.1 Å². The summed E-state index contributed by atoms with van der Waals surface area (Å²) in [5.74, 6) is 1.10. The van der Waals surface area contributed by atoms with Crippen LogP contribution in [0.5, 0.6) is 0 Å². The van der Waals surface area contributed by atoms with Crippen molar-refractivity contribution in [3.63, 3.8) is 0 Å². The van der Waals surface area contributed by atoms with E-state index in [9.17, 15) is 4.79 Å². The third kappa shape index (κ3) is 3.07. The molecule has 25 heavy (non-hydrogen) atoms. The van der Waals surface area contributed by atoms with E-state index in [1.54, 1.807) is 12.4 Å². The van der Waals surface area contributed by atoms with Gasteiger partial charge in [-0.1, -0.05) is 30.3 Å². The van der Waals surface area contributed by atoms with Crippen molar-refractivity contribution in [2.24, 2.45) is 7.05 Å². The molecule has 0 saturated carbocycles. The van der Waals surface area contributed by atoms with E-state index in [0.717, 1.165) is 23.6 Å². The zero-order valence-electron chi connectivity index (χ0n) is 14.2. The molecule has 6 heteroatoms. The van der Waals surface area contributed by atoms with Crippen LogP contribution in [-0.2, 0) is 31.4 Å². The molecule has 128 valence electrons. The molecule has 0 N–H and O–H groups in total. The zero-order valence-corrected chi connectivity index (χ0v) is 14.2. The van der Waals surface area contributed by atoms with Crippen molar-refractivity contribution < 1.29 is 4.79 Å². The number of nitrogens with zero attached hydrogens (tertiary/aromatic N) is 5. The van der Waals surface area contributed by atoms with Crippen LogP contribution in [0.3, 0.4) is 0 Å². The molecule has 3 aromatic rings. The molecule has 1 atom stereocenters. The Morgan fingerprint density at radius 3 is 2.80 bits per heavy atom. The number of hydrogen-bond acceptors (Lipinski definition) is 3. The second-order valence-electron chi connectivity index (χ2n) is 6.39. The molecule has 4 rings (SSSR count). The van der Waals surface area contributed by atoms with Gasteiger partial charge in [0.2, 0.25) is 5.91 Å². The lowest BCUT2D eigenvalue weighted by molar-refractivity contribution is -0.135. The quantitative estimate of drug-likeness (QED) is 0.735. The van der Waals surface area contributed by atoms with E-state index in [-0.39, 0.29) is 11.9 Å². The second-order valence-corrected chi connectivity index (χ2v) is 6.39. The van der Waals surface area contributed by atoms with E-state index in [4.69, 9.17) is 0 Å². The van der Waals surface area contributed by atoms with Gasteiger partial charge < -0.3 is 9.47 Å². The SMILES string of the molecule is Cn1nccc1CCC(=O)N1Cc2nccn2CC1c1ccccc1. The largest absolute Gasteiger partial charge is 0.331 e. The Bertz CT molecular complexity index is 867. The smallest absolute Gasteiger partial charge is 0.223 e. The number of carbonyl (C=O) groups is 1. The van der Waals surface area contributed by atoms with Crippen molar-refractivity contribution in [2.75, 3.05) is 0 Å². The molecule has 0 saturated heterocycles. The highest BCUT2D eigenvalue weighted by atomic mass is 16.2. The van der Waals surface area contributed by atoms with Gasteiger partial charge in [0.05, 0.1) is 12.6 Å². The van der Waals surface area contributed by atoms with Crippen LogP contribution in [0.1, 0.15) is 29.5 Å². The first-order chi connectivity index (χ1) is 12.2. The molecule has 3 heterocycles. The summed E-state index contributed by atoms with van der Waals surface area (Å²) in [5.41, 5.74) is 2.24. The third-order valence-corrected chi connectivity index (χ3v) is 4.88. The first-order valence-corrected chi connectivity index (χ1v) is 8.53. The van der Waals surface area contributed by atoms with E-state index in [1.165, 1.54) is 0 Å². The molecule has 1 aliphatic rings. The van der Waals surface area contributed by atoms with Gasteiger partial charge in [-0.3, -0.25) is 9.48 Å². The number of fused-ring (bicyclic) bond motifs is 1. The van der Waals surface area contributed by atoms with Crippen molar-refractivity contribution in [1.82, 2.24) is 24.2 Å². The second kappa shape index (κ2) is 6.55.